The molecule has 19 heavy (non-hydrogen) atoms. The van der Waals surface area contributed by atoms with Gasteiger partial charge in [-0.05, 0) is 31.4 Å². The number of esters is 1. The van der Waals surface area contributed by atoms with Crippen LogP contribution in [0.25, 0.3) is 0 Å². The predicted molar refractivity (Wildman–Crippen MR) is 71.8 cm³/mol. The van der Waals surface area contributed by atoms with Gasteiger partial charge < -0.3 is 10.1 Å². The van der Waals surface area contributed by atoms with E-state index in [9.17, 15) is 9.59 Å². The van der Waals surface area contributed by atoms with Gasteiger partial charge in [-0.1, -0.05) is 24.6 Å². The van der Waals surface area contributed by atoms with Gasteiger partial charge in [0.1, 0.15) is 0 Å². The summed E-state index contributed by atoms with van der Waals surface area (Å²) in [7, 11) is 0. The topological polar surface area (TPSA) is 55.4 Å². The number of carbonyl (C=O) groups is 2. The Morgan fingerprint density at radius 2 is 2.16 bits per heavy atom. The highest BCUT2D eigenvalue weighted by molar-refractivity contribution is 5.91. The average Bonchev–Trinajstić information content (AvgIpc) is 2.64. The molecule has 1 atom stereocenters. The number of nitrogens with one attached hydrogen (secondary N) is 1. The molecule has 1 aromatic carbocycles. The summed E-state index contributed by atoms with van der Waals surface area (Å²) in [6, 6.07) is 7.26. The van der Waals surface area contributed by atoms with Crippen LogP contribution in [-0.4, -0.2) is 18.5 Å². The van der Waals surface area contributed by atoms with Gasteiger partial charge in [-0.2, -0.15) is 0 Å². The second-order valence-corrected chi connectivity index (χ2v) is 4.67. The van der Waals surface area contributed by atoms with E-state index in [0.717, 1.165) is 24.8 Å². The van der Waals surface area contributed by atoms with Crippen molar-refractivity contribution in [3.63, 3.8) is 0 Å². The number of rotatable bonds is 3. The molecule has 1 aliphatic rings. The molecule has 4 nitrogen and oxygen atoms in total. The molecular weight excluding hydrogens is 242 g/mol. The van der Waals surface area contributed by atoms with Crippen LogP contribution in [0.2, 0.25) is 0 Å². The molecule has 1 aromatic rings. The van der Waals surface area contributed by atoms with Gasteiger partial charge in [0.2, 0.25) is 5.91 Å². The molecule has 0 bridgehead atoms. The summed E-state index contributed by atoms with van der Waals surface area (Å²) >= 11 is 0. The maximum Gasteiger partial charge on any atom is 0.338 e. The van der Waals surface area contributed by atoms with Gasteiger partial charge in [-0.25, -0.2) is 4.79 Å². The molecule has 1 aliphatic heterocycles. The van der Waals surface area contributed by atoms with Crippen LogP contribution >= 0.6 is 0 Å². The maximum absolute atomic E-state index is 11.9. The minimum Gasteiger partial charge on any atom is -0.462 e. The van der Waals surface area contributed by atoms with Crippen molar-refractivity contribution in [2.45, 2.75) is 38.6 Å². The second kappa shape index (κ2) is 6.36. The smallest absolute Gasteiger partial charge is 0.338 e. The highest BCUT2D eigenvalue weighted by Crippen LogP contribution is 2.26. The van der Waals surface area contributed by atoms with Crippen LogP contribution < -0.4 is 5.32 Å². The summed E-state index contributed by atoms with van der Waals surface area (Å²) < 4.78 is 5.07. The summed E-state index contributed by atoms with van der Waals surface area (Å²) in [5.74, 6) is -0.266. The van der Waals surface area contributed by atoms with Gasteiger partial charge in [-0.15, -0.1) is 0 Å². The van der Waals surface area contributed by atoms with Gasteiger partial charge in [0.25, 0.3) is 0 Å². The zero-order valence-corrected chi connectivity index (χ0v) is 11.1. The Balaban J connectivity index is 2.27. The van der Waals surface area contributed by atoms with Crippen molar-refractivity contribution in [2.75, 3.05) is 6.61 Å². The zero-order chi connectivity index (χ0) is 13.7. The highest BCUT2D eigenvalue weighted by atomic mass is 16.5. The number of amides is 1. The third-order valence-corrected chi connectivity index (χ3v) is 3.31. The second-order valence-electron chi connectivity index (χ2n) is 4.67. The van der Waals surface area contributed by atoms with Crippen molar-refractivity contribution >= 4 is 11.9 Å². The van der Waals surface area contributed by atoms with Crippen LogP contribution in [0.1, 0.15) is 54.6 Å². The third kappa shape index (κ3) is 3.34. The molecule has 1 N–H and O–H groups in total. The van der Waals surface area contributed by atoms with E-state index in [2.05, 4.69) is 5.32 Å². The largest absolute Gasteiger partial charge is 0.462 e. The molecule has 102 valence electrons. The van der Waals surface area contributed by atoms with E-state index in [4.69, 9.17) is 4.74 Å². The summed E-state index contributed by atoms with van der Waals surface area (Å²) in [6.07, 6.45) is 3.32. The molecular formula is C15H19NO3. The standard InChI is InChI=1S/C15H19NO3/c1-2-19-15(18)12-8-4-3-7-11(12)13-9-5-6-10-14(17)16-13/h3-4,7-8,13H,2,5-6,9-10H2,1H3,(H,16,17). The van der Waals surface area contributed by atoms with Crippen LogP contribution in [0.15, 0.2) is 24.3 Å². The first kappa shape index (κ1) is 13.6. The minimum atomic E-state index is -0.323. The number of benzene rings is 1. The normalized spacial score (nSPS) is 19.4. The molecule has 1 unspecified atom stereocenters. The molecule has 0 aromatic heterocycles. The molecule has 2 rings (SSSR count). The van der Waals surface area contributed by atoms with Gasteiger partial charge in [0, 0.05) is 6.42 Å². The molecule has 0 saturated carbocycles. The van der Waals surface area contributed by atoms with E-state index in [0.29, 0.717) is 18.6 Å². The fourth-order valence-corrected chi connectivity index (χ4v) is 2.40. The quantitative estimate of drug-likeness (QED) is 0.851. The lowest BCUT2D eigenvalue weighted by Gasteiger charge is -2.19. The van der Waals surface area contributed by atoms with E-state index in [1.54, 1.807) is 13.0 Å². The van der Waals surface area contributed by atoms with E-state index < -0.39 is 0 Å². The summed E-state index contributed by atoms with van der Waals surface area (Å²) in [5, 5.41) is 2.99. The van der Waals surface area contributed by atoms with Gasteiger partial charge in [-0.3, -0.25) is 4.79 Å². The van der Waals surface area contributed by atoms with Crippen LogP contribution in [-0.2, 0) is 9.53 Å². The molecule has 1 saturated heterocycles. The SMILES string of the molecule is CCOC(=O)c1ccccc1C1CCCCC(=O)N1. The summed E-state index contributed by atoms with van der Waals surface area (Å²) in [4.78, 5) is 23.6. The van der Waals surface area contributed by atoms with Crippen LogP contribution in [0.3, 0.4) is 0 Å². The molecule has 1 amide bonds. The van der Waals surface area contributed by atoms with E-state index in [1.165, 1.54) is 0 Å². The number of ether oxygens (including phenoxy) is 1. The Morgan fingerprint density at radius 1 is 1.37 bits per heavy atom. The van der Waals surface area contributed by atoms with Gasteiger partial charge in [0.05, 0.1) is 18.2 Å². The van der Waals surface area contributed by atoms with E-state index in [-0.39, 0.29) is 17.9 Å². The molecule has 1 heterocycles. The summed E-state index contributed by atoms with van der Waals surface area (Å²) in [5.41, 5.74) is 1.41. The van der Waals surface area contributed by atoms with Crippen molar-refractivity contribution in [3.8, 4) is 0 Å². The van der Waals surface area contributed by atoms with Gasteiger partial charge >= 0.3 is 5.97 Å². The molecule has 1 fully saturated rings. The van der Waals surface area contributed by atoms with Crippen molar-refractivity contribution in [3.05, 3.63) is 35.4 Å². The molecule has 4 heteroatoms. The maximum atomic E-state index is 11.9. The fourth-order valence-electron chi connectivity index (χ4n) is 2.40. The Morgan fingerprint density at radius 3 is 2.95 bits per heavy atom. The summed E-state index contributed by atoms with van der Waals surface area (Å²) in [6.45, 7) is 2.14. The molecule has 0 aliphatic carbocycles. The average molecular weight is 261 g/mol. The van der Waals surface area contributed by atoms with Crippen LogP contribution in [0.5, 0.6) is 0 Å². The van der Waals surface area contributed by atoms with Gasteiger partial charge in [0.15, 0.2) is 0 Å². The first-order chi connectivity index (χ1) is 9.22. The van der Waals surface area contributed by atoms with Crippen LogP contribution in [0, 0.1) is 0 Å². The minimum absolute atomic E-state index is 0.0566. The number of hydrogen-bond donors (Lipinski definition) is 1. The molecule has 0 spiro atoms. The monoisotopic (exact) mass is 261 g/mol. The Labute approximate surface area is 113 Å². The Kier molecular flexibility index (Phi) is 4.55. The van der Waals surface area contributed by atoms with Crippen molar-refractivity contribution < 1.29 is 14.3 Å². The first-order valence-electron chi connectivity index (χ1n) is 6.77. The molecule has 0 radical (unpaired) electrons. The van der Waals surface area contributed by atoms with Crippen molar-refractivity contribution in [2.24, 2.45) is 0 Å². The lowest BCUT2D eigenvalue weighted by atomic mass is 9.97. The number of carbonyl (C=O) groups excluding carboxylic acids is 2. The van der Waals surface area contributed by atoms with Crippen molar-refractivity contribution in [1.82, 2.24) is 5.32 Å². The number of hydrogen-bond acceptors (Lipinski definition) is 3. The zero-order valence-electron chi connectivity index (χ0n) is 11.1. The van der Waals surface area contributed by atoms with E-state index in [1.807, 2.05) is 18.2 Å². The lowest BCUT2D eigenvalue weighted by molar-refractivity contribution is -0.121. The lowest BCUT2D eigenvalue weighted by Crippen LogP contribution is -2.27. The fraction of sp³-hybridized carbons (Fsp3) is 0.467. The Bertz CT molecular complexity index is 470. The first-order valence-corrected chi connectivity index (χ1v) is 6.77. The van der Waals surface area contributed by atoms with E-state index >= 15 is 0 Å². The van der Waals surface area contributed by atoms with Crippen LogP contribution in [0.4, 0.5) is 0 Å². The van der Waals surface area contributed by atoms with Crippen molar-refractivity contribution in [1.29, 1.82) is 0 Å². The predicted octanol–water partition coefficient (Wildman–Crippen LogP) is 2.59. The Hall–Kier alpha value is -1.84. The third-order valence-electron chi connectivity index (χ3n) is 3.31. The highest BCUT2D eigenvalue weighted by Gasteiger charge is 2.23.